The maximum atomic E-state index is 11.4. The molecule has 1 saturated heterocycles. The molecule has 0 aromatic heterocycles. The minimum absolute atomic E-state index is 0.136. The van der Waals surface area contributed by atoms with Crippen molar-refractivity contribution in [3.63, 3.8) is 0 Å². The van der Waals surface area contributed by atoms with E-state index in [9.17, 15) is 4.79 Å². The van der Waals surface area contributed by atoms with Crippen molar-refractivity contribution in [1.29, 1.82) is 0 Å². The van der Waals surface area contributed by atoms with E-state index in [0.717, 1.165) is 48.1 Å². The van der Waals surface area contributed by atoms with Crippen molar-refractivity contribution in [2.75, 3.05) is 12.3 Å². The first-order valence-electron chi connectivity index (χ1n) is 6.15. The fourth-order valence-corrected chi connectivity index (χ4v) is 2.93. The van der Waals surface area contributed by atoms with Gasteiger partial charge in [-0.3, -0.25) is 9.69 Å². The molecule has 1 unspecified atom stereocenters. The minimum Gasteiger partial charge on any atom is -0.399 e. The largest absolute Gasteiger partial charge is 0.399 e. The van der Waals surface area contributed by atoms with Crippen LogP contribution in [0.25, 0.3) is 0 Å². The molecule has 1 aromatic carbocycles. The summed E-state index contributed by atoms with van der Waals surface area (Å²) in [6.45, 7) is 1.65. The van der Waals surface area contributed by atoms with E-state index in [1.165, 1.54) is 0 Å². The molecule has 18 heavy (non-hydrogen) atoms. The zero-order valence-corrected chi connectivity index (χ0v) is 11.8. The van der Waals surface area contributed by atoms with Crippen molar-refractivity contribution in [3.8, 4) is 0 Å². The van der Waals surface area contributed by atoms with Crippen molar-refractivity contribution in [2.45, 2.75) is 31.8 Å². The highest BCUT2D eigenvalue weighted by Crippen LogP contribution is 2.25. The predicted molar refractivity (Wildman–Crippen MR) is 75.8 cm³/mol. The number of benzene rings is 1. The van der Waals surface area contributed by atoms with Gasteiger partial charge in [0, 0.05) is 16.7 Å². The van der Waals surface area contributed by atoms with Crippen LogP contribution in [-0.4, -0.2) is 23.4 Å². The topological polar surface area (TPSA) is 72.4 Å². The number of likely N-dealkylation sites (tertiary alicyclic amines) is 1. The Kier molecular flexibility index (Phi) is 4.24. The first-order valence-corrected chi connectivity index (χ1v) is 6.94. The SMILES string of the molecule is NC(=O)C1CCCCN1Cc1ccc(N)cc1Br. The van der Waals surface area contributed by atoms with Crippen molar-refractivity contribution in [1.82, 2.24) is 4.90 Å². The number of nitrogens with zero attached hydrogens (tertiary/aromatic N) is 1. The van der Waals surface area contributed by atoms with Gasteiger partial charge < -0.3 is 11.5 Å². The molecule has 1 fully saturated rings. The van der Waals surface area contributed by atoms with Gasteiger partial charge in [-0.15, -0.1) is 0 Å². The molecule has 0 radical (unpaired) electrons. The van der Waals surface area contributed by atoms with Crippen LogP contribution in [0.2, 0.25) is 0 Å². The van der Waals surface area contributed by atoms with E-state index in [-0.39, 0.29) is 11.9 Å². The summed E-state index contributed by atoms with van der Waals surface area (Å²) in [6, 6.07) is 5.62. The number of halogens is 1. The zero-order valence-electron chi connectivity index (χ0n) is 10.2. The molecular weight excluding hydrogens is 294 g/mol. The van der Waals surface area contributed by atoms with Gasteiger partial charge in [0.05, 0.1) is 6.04 Å². The highest BCUT2D eigenvalue weighted by Gasteiger charge is 2.27. The summed E-state index contributed by atoms with van der Waals surface area (Å²) in [6.07, 6.45) is 3.06. The molecule has 0 saturated carbocycles. The Morgan fingerprint density at radius 2 is 2.22 bits per heavy atom. The van der Waals surface area contributed by atoms with Gasteiger partial charge in [-0.1, -0.05) is 28.4 Å². The highest BCUT2D eigenvalue weighted by atomic mass is 79.9. The molecule has 1 aromatic rings. The van der Waals surface area contributed by atoms with Crippen LogP contribution in [0.4, 0.5) is 5.69 Å². The number of nitrogens with two attached hydrogens (primary N) is 2. The lowest BCUT2D eigenvalue weighted by atomic mass is 10.0. The van der Waals surface area contributed by atoms with Gasteiger partial charge in [0.1, 0.15) is 0 Å². The zero-order chi connectivity index (χ0) is 13.1. The Bertz CT molecular complexity index is 450. The van der Waals surface area contributed by atoms with Crippen molar-refractivity contribution >= 4 is 27.5 Å². The molecule has 4 nitrogen and oxygen atoms in total. The number of hydrogen-bond donors (Lipinski definition) is 2. The molecule has 0 aliphatic carbocycles. The number of nitrogen functional groups attached to an aromatic ring is 1. The van der Waals surface area contributed by atoms with E-state index >= 15 is 0 Å². The number of primary amides is 1. The summed E-state index contributed by atoms with van der Waals surface area (Å²) in [5.74, 6) is -0.221. The summed E-state index contributed by atoms with van der Waals surface area (Å²) >= 11 is 3.51. The monoisotopic (exact) mass is 311 g/mol. The van der Waals surface area contributed by atoms with E-state index in [4.69, 9.17) is 11.5 Å². The number of amides is 1. The minimum atomic E-state index is -0.221. The van der Waals surface area contributed by atoms with Gasteiger partial charge in [0.2, 0.25) is 5.91 Å². The lowest BCUT2D eigenvalue weighted by Crippen LogP contribution is -2.47. The van der Waals surface area contributed by atoms with Crippen LogP contribution in [-0.2, 0) is 11.3 Å². The number of rotatable bonds is 3. The normalized spacial score (nSPS) is 20.8. The first-order chi connectivity index (χ1) is 8.58. The smallest absolute Gasteiger partial charge is 0.234 e. The van der Waals surface area contributed by atoms with Crippen LogP contribution in [0.5, 0.6) is 0 Å². The van der Waals surface area contributed by atoms with Crippen LogP contribution in [0, 0.1) is 0 Å². The molecule has 1 aliphatic rings. The van der Waals surface area contributed by atoms with E-state index in [1.807, 2.05) is 18.2 Å². The Balaban J connectivity index is 2.13. The molecule has 0 spiro atoms. The molecule has 1 heterocycles. The highest BCUT2D eigenvalue weighted by molar-refractivity contribution is 9.10. The Labute approximate surface area is 115 Å². The fraction of sp³-hybridized carbons (Fsp3) is 0.462. The summed E-state index contributed by atoms with van der Waals surface area (Å²) in [4.78, 5) is 13.6. The average molecular weight is 312 g/mol. The molecule has 1 aliphatic heterocycles. The first kappa shape index (κ1) is 13.4. The maximum Gasteiger partial charge on any atom is 0.234 e. The van der Waals surface area contributed by atoms with Crippen molar-refractivity contribution < 1.29 is 4.79 Å². The lowest BCUT2D eigenvalue weighted by molar-refractivity contribution is -0.124. The second-order valence-electron chi connectivity index (χ2n) is 4.74. The Hall–Kier alpha value is -1.07. The van der Waals surface area contributed by atoms with Gasteiger partial charge in [-0.25, -0.2) is 0 Å². The number of hydrogen-bond acceptors (Lipinski definition) is 3. The van der Waals surface area contributed by atoms with Crippen LogP contribution in [0.3, 0.4) is 0 Å². The number of carbonyl (C=O) groups is 1. The third-order valence-corrected chi connectivity index (χ3v) is 4.13. The fourth-order valence-electron chi connectivity index (χ4n) is 2.41. The van der Waals surface area contributed by atoms with Gasteiger partial charge in [0.15, 0.2) is 0 Å². The van der Waals surface area contributed by atoms with E-state index in [0.29, 0.717) is 0 Å². The third kappa shape index (κ3) is 3.03. The summed E-state index contributed by atoms with van der Waals surface area (Å²) in [5, 5.41) is 0. The molecule has 5 heteroatoms. The second-order valence-corrected chi connectivity index (χ2v) is 5.59. The van der Waals surface area contributed by atoms with Gasteiger partial charge in [0.25, 0.3) is 0 Å². The van der Waals surface area contributed by atoms with Crippen molar-refractivity contribution in [2.24, 2.45) is 5.73 Å². The van der Waals surface area contributed by atoms with Crippen LogP contribution >= 0.6 is 15.9 Å². The van der Waals surface area contributed by atoms with E-state index in [1.54, 1.807) is 0 Å². The molecule has 4 N–H and O–H groups in total. The maximum absolute atomic E-state index is 11.4. The lowest BCUT2D eigenvalue weighted by Gasteiger charge is -2.33. The van der Waals surface area contributed by atoms with E-state index in [2.05, 4.69) is 20.8 Å². The standard InChI is InChI=1S/C13H18BrN3O/c14-11-7-10(15)5-4-9(11)8-17-6-2-1-3-12(17)13(16)18/h4-5,7,12H,1-3,6,8,15H2,(H2,16,18). The van der Waals surface area contributed by atoms with E-state index < -0.39 is 0 Å². The van der Waals surface area contributed by atoms with Gasteiger partial charge >= 0.3 is 0 Å². The molecule has 2 rings (SSSR count). The van der Waals surface area contributed by atoms with Gasteiger partial charge in [-0.05, 0) is 37.1 Å². The summed E-state index contributed by atoms with van der Waals surface area (Å²) in [5.41, 5.74) is 13.0. The van der Waals surface area contributed by atoms with Crippen LogP contribution < -0.4 is 11.5 Å². The number of carbonyl (C=O) groups excluding carboxylic acids is 1. The van der Waals surface area contributed by atoms with Crippen molar-refractivity contribution in [3.05, 3.63) is 28.2 Å². The summed E-state index contributed by atoms with van der Waals surface area (Å²) < 4.78 is 0.983. The Morgan fingerprint density at radius 3 is 2.89 bits per heavy atom. The molecular formula is C13H18BrN3O. The molecule has 98 valence electrons. The molecule has 0 bridgehead atoms. The molecule has 1 atom stereocenters. The summed E-state index contributed by atoms with van der Waals surface area (Å²) in [7, 11) is 0. The molecule has 1 amide bonds. The third-order valence-electron chi connectivity index (χ3n) is 3.39. The second kappa shape index (κ2) is 5.71. The number of anilines is 1. The predicted octanol–water partition coefficient (Wildman–Crippen LogP) is 1.87. The average Bonchev–Trinajstić information content (AvgIpc) is 2.33. The quantitative estimate of drug-likeness (QED) is 0.837. The van der Waals surface area contributed by atoms with Crippen LogP contribution in [0.15, 0.2) is 22.7 Å². The number of piperidine rings is 1. The van der Waals surface area contributed by atoms with Gasteiger partial charge in [-0.2, -0.15) is 0 Å². The Morgan fingerprint density at radius 1 is 1.44 bits per heavy atom. The van der Waals surface area contributed by atoms with Crippen LogP contribution in [0.1, 0.15) is 24.8 Å².